The van der Waals surface area contributed by atoms with Crippen LogP contribution in [0.25, 0.3) is 22.5 Å². The average Bonchev–Trinajstić information content (AvgIpc) is 3.81. The molecule has 0 saturated carbocycles. The van der Waals surface area contributed by atoms with Gasteiger partial charge in [0.05, 0.1) is 24.5 Å². The molecule has 0 bridgehead atoms. The molecule has 0 aliphatic carbocycles. The first kappa shape index (κ1) is 34.5. The van der Waals surface area contributed by atoms with Crippen molar-refractivity contribution in [3.63, 3.8) is 0 Å². The minimum absolute atomic E-state index is 0.515. The minimum atomic E-state index is -0.844. The minimum Gasteiger partial charge on any atom is -0.378 e. The van der Waals surface area contributed by atoms with Crippen molar-refractivity contribution in [2.75, 3.05) is 7.11 Å². The Morgan fingerprint density at radius 1 is 0.712 bits per heavy atom. The van der Waals surface area contributed by atoms with Crippen LogP contribution in [0.4, 0.5) is 0 Å². The van der Waals surface area contributed by atoms with E-state index < -0.39 is 5.54 Å². The van der Waals surface area contributed by atoms with Crippen LogP contribution in [0, 0.1) is 0 Å². The number of unbranched alkanes of at least 4 members (excludes halogenated alkanes) is 1. The van der Waals surface area contributed by atoms with Gasteiger partial charge in [-0.25, -0.2) is 0 Å². The van der Waals surface area contributed by atoms with E-state index in [1.54, 1.807) is 11.9 Å². The molecule has 0 aliphatic rings. The quantitative estimate of drug-likeness (QED) is 0.0796. The number of hydrogen-bond donors (Lipinski definition) is 0. The lowest BCUT2D eigenvalue weighted by Gasteiger charge is -2.34. The Labute approximate surface area is 306 Å². The molecule has 0 spiro atoms. The number of benzene rings is 5. The summed E-state index contributed by atoms with van der Waals surface area (Å²) in [5.41, 5.74) is 10.1. The number of nitrogens with zero attached hydrogens (tertiary/aromatic N) is 6. The zero-order valence-electron chi connectivity index (χ0n) is 29.9. The smallest absolute Gasteiger partial charge is 0.205 e. The van der Waals surface area contributed by atoms with Gasteiger partial charge in [-0.15, -0.1) is 21.6 Å². The lowest BCUT2D eigenvalue weighted by molar-refractivity contribution is 0.176. The second kappa shape index (κ2) is 16.0. The van der Waals surface area contributed by atoms with E-state index in [9.17, 15) is 0 Å². The molecule has 52 heavy (non-hydrogen) atoms. The fourth-order valence-electron chi connectivity index (χ4n) is 7.19. The standard InChI is InChI=1S/C45H44N6O/c1-4-6-26-42-41(43(33-52-3)50(47-42)31-5-2)32-34-27-29-35(30-28-34)39-24-16-17-25-40(39)44-46-49-51(48-44)45(36-18-10-7-11-19-36,37-20-12-8-13-21-37)38-22-14-9-15-23-38/h5,7-25,27-30H,2,4,6,26,31-33H2,1,3H3. The molecule has 0 radical (unpaired) electrons. The summed E-state index contributed by atoms with van der Waals surface area (Å²) in [7, 11) is 1.74. The zero-order chi connectivity index (χ0) is 35.8. The van der Waals surface area contributed by atoms with E-state index in [4.69, 9.17) is 25.2 Å². The Bertz CT molecular complexity index is 2110. The fraction of sp³-hybridized carbons (Fsp3) is 0.200. The Morgan fingerprint density at radius 3 is 1.85 bits per heavy atom. The number of aromatic nitrogens is 6. The maximum atomic E-state index is 5.63. The molecule has 0 aliphatic heterocycles. The van der Waals surface area contributed by atoms with Crippen LogP contribution in [0.5, 0.6) is 0 Å². The molecule has 7 heteroatoms. The van der Waals surface area contributed by atoms with Gasteiger partial charge in [-0.2, -0.15) is 5.10 Å². The molecule has 7 aromatic rings. The molecule has 2 aromatic heterocycles. The van der Waals surface area contributed by atoms with Crippen molar-refractivity contribution in [2.45, 2.75) is 51.3 Å². The summed E-state index contributed by atoms with van der Waals surface area (Å²) in [6, 6.07) is 48.4. The molecule has 7 nitrogen and oxygen atoms in total. The first-order valence-corrected chi connectivity index (χ1v) is 18.0. The third-order valence-electron chi connectivity index (χ3n) is 9.70. The number of tetrazole rings is 1. The van der Waals surface area contributed by atoms with Crippen LogP contribution in [-0.4, -0.2) is 37.1 Å². The monoisotopic (exact) mass is 684 g/mol. The third kappa shape index (κ3) is 6.75. The van der Waals surface area contributed by atoms with E-state index in [0.29, 0.717) is 19.0 Å². The summed E-state index contributed by atoms with van der Waals surface area (Å²) in [5.74, 6) is 0.561. The summed E-state index contributed by atoms with van der Waals surface area (Å²) in [5, 5.41) is 19.7. The zero-order valence-corrected chi connectivity index (χ0v) is 29.9. The largest absolute Gasteiger partial charge is 0.378 e. The molecule has 7 rings (SSSR count). The van der Waals surface area contributed by atoms with Crippen LogP contribution in [0.2, 0.25) is 0 Å². The van der Waals surface area contributed by atoms with Crippen molar-refractivity contribution in [3.05, 3.63) is 191 Å². The van der Waals surface area contributed by atoms with Crippen LogP contribution < -0.4 is 0 Å². The summed E-state index contributed by atoms with van der Waals surface area (Å²) in [4.78, 5) is 1.78. The van der Waals surface area contributed by atoms with Crippen LogP contribution >= 0.6 is 0 Å². The number of aryl methyl sites for hydroxylation is 1. The van der Waals surface area contributed by atoms with Crippen LogP contribution in [0.15, 0.2) is 152 Å². The van der Waals surface area contributed by atoms with E-state index >= 15 is 0 Å². The highest BCUT2D eigenvalue weighted by Crippen LogP contribution is 2.40. The van der Waals surface area contributed by atoms with Gasteiger partial charge in [0.1, 0.15) is 0 Å². The van der Waals surface area contributed by atoms with Crippen molar-refractivity contribution >= 4 is 0 Å². The van der Waals surface area contributed by atoms with Crippen molar-refractivity contribution < 1.29 is 4.74 Å². The van der Waals surface area contributed by atoms with E-state index in [0.717, 1.165) is 70.5 Å². The summed E-state index contributed by atoms with van der Waals surface area (Å²) < 4.78 is 7.67. The van der Waals surface area contributed by atoms with E-state index in [1.807, 2.05) is 35.0 Å². The highest BCUT2D eigenvalue weighted by atomic mass is 16.5. The SMILES string of the molecule is C=CCn1nc(CCCC)c(Cc2ccc(-c3ccccc3-c3nnn(C(c4ccccc4)(c4ccccc4)c4ccccc4)n3)cc2)c1COC. The molecule has 0 N–H and O–H groups in total. The first-order valence-electron chi connectivity index (χ1n) is 18.0. The van der Waals surface area contributed by atoms with Crippen LogP contribution in [0.3, 0.4) is 0 Å². The molecule has 0 amide bonds. The molecule has 0 atom stereocenters. The Balaban J connectivity index is 1.27. The molecule has 2 heterocycles. The third-order valence-corrected chi connectivity index (χ3v) is 9.70. The van der Waals surface area contributed by atoms with Crippen molar-refractivity contribution in [2.24, 2.45) is 0 Å². The van der Waals surface area contributed by atoms with Gasteiger partial charge in [-0.3, -0.25) is 4.68 Å². The first-order chi connectivity index (χ1) is 25.7. The van der Waals surface area contributed by atoms with E-state index in [-0.39, 0.29) is 0 Å². The van der Waals surface area contributed by atoms with E-state index in [2.05, 4.69) is 129 Å². The lowest BCUT2D eigenvalue weighted by atomic mass is 9.77. The predicted molar refractivity (Wildman–Crippen MR) is 208 cm³/mol. The average molecular weight is 685 g/mol. The van der Waals surface area contributed by atoms with Gasteiger partial charge in [-0.1, -0.05) is 159 Å². The van der Waals surface area contributed by atoms with Gasteiger partial charge in [-0.05, 0) is 51.4 Å². The fourth-order valence-corrected chi connectivity index (χ4v) is 7.19. The Hall–Kier alpha value is -5.92. The summed E-state index contributed by atoms with van der Waals surface area (Å²) >= 11 is 0. The number of ether oxygens (including phenoxy) is 1. The second-order valence-corrected chi connectivity index (χ2v) is 13.0. The van der Waals surface area contributed by atoms with Gasteiger partial charge < -0.3 is 4.74 Å². The molecule has 260 valence electrons. The lowest BCUT2D eigenvalue weighted by Crippen LogP contribution is -2.39. The van der Waals surface area contributed by atoms with E-state index in [1.165, 1.54) is 11.1 Å². The van der Waals surface area contributed by atoms with Gasteiger partial charge in [0.15, 0.2) is 5.54 Å². The molecule has 5 aromatic carbocycles. The number of methoxy groups -OCH3 is 1. The van der Waals surface area contributed by atoms with Gasteiger partial charge in [0.2, 0.25) is 5.82 Å². The summed E-state index contributed by atoms with van der Waals surface area (Å²) in [6.07, 6.45) is 5.85. The number of rotatable bonds is 15. The van der Waals surface area contributed by atoms with Gasteiger partial charge >= 0.3 is 0 Å². The maximum absolute atomic E-state index is 5.63. The Kier molecular flexibility index (Phi) is 10.6. The van der Waals surface area contributed by atoms with Gasteiger partial charge in [0.25, 0.3) is 0 Å². The van der Waals surface area contributed by atoms with Crippen molar-refractivity contribution in [3.8, 4) is 22.5 Å². The highest BCUT2D eigenvalue weighted by molar-refractivity contribution is 5.80. The Morgan fingerprint density at radius 2 is 1.29 bits per heavy atom. The molecule has 0 unspecified atom stereocenters. The molecule has 0 saturated heterocycles. The summed E-state index contributed by atoms with van der Waals surface area (Å²) in [6.45, 7) is 7.34. The van der Waals surface area contributed by atoms with Crippen molar-refractivity contribution in [1.82, 2.24) is 30.0 Å². The topological polar surface area (TPSA) is 70.7 Å². The molecule has 0 fully saturated rings. The normalized spacial score (nSPS) is 11.5. The van der Waals surface area contributed by atoms with Crippen LogP contribution in [-0.2, 0) is 36.3 Å². The number of allylic oxidation sites excluding steroid dienone is 1. The highest BCUT2D eigenvalue weighted by Gasteiger charge is 2.41. The molecular formula is C45H44N6O. The molecular weight excluding hydrogens is 641 g/mol. The predicted octanol–water partition coefficient (Wildman–Crippen LogP) is 9.31. The van der Waals surface area contributed by atoms with Gasteiger partial charge in [0, 0.05) is 24.7 Å². The number of hydrogen-bond acceptors (Lipinski definition) is 5. The van der Waals surface area contributed by atoms with Crippen LogP contribution in [0.1, 0.15) is 59.0 Å². The second-order valence-electron chi connectivity index (χ2n) is 13.0. The van der Waals surface area contributed by atoms with Crippen molar-refractivity contribution in [1.29, 1.82) is 0 Å². The maximum Gasteiger partial charge on any atom is 0.205 e.